The number of aromatic nitrogens is 2. The number of ether oxygens (including phenoxy) is 1. The molecule has 3 aromatic rings. The van der Waals surface area contributed by atoms with Crippen LogP contribution in [-0.2, 0) is 0 Å². The Morgan fingerprint density at radius 3 is 2.48 bits per heavy atom. The number of rotatable bonds is 4. The third kappa shape index (κ3) is 2.68. The smallest absolute Gasteiger partial charge is 0.198 e. The number of benzene rings is 2. The number of hydrogen-bond acceptors (Lipinski definition) is 4. The van der Waals surface area contributed by atoms with E-state index in [4.69, 9.17) is 10.5 Å². The largest absolute Gasteiger partial charge is 0.497 e. The van der Waals surface area contributed by atoms with Crippen LogP contribution in [0.2, 0.25) is 0 Å². The van der Waals surface area contributed by atoms with Gasteiger partial charge in [-0.2, -0.15) is 5.10 Å². The Labute approximate surface area is 134 Å². The number of carbonyl (C=O) groups excluding carboxylic acids is 1. The number of ketones is 1. The van der Waals surface area contributed by atoms with Gasteiger partial charge in [0.25, 0.3) is 0 Å². The molecule has 0 aliphatic rings. The minimum Gasteiger partial charge on any atom is -0.497 e. The summed E-state index contributed by atoms with van der Waals surface area (Å²) in [4.78, 5) is 12.6. The Kier molecular flexibility index (Phi) is 3.85. The first-order chi connectivity index (χ1) is 11.1. The van der Waals surface area contributed by atoms with E-state index in [1.807, 2.05) is 31.2 Å². The van der Waals surface area contributed by atoms with Gasteiger partial charge in [-0.1, -0.05) is 18.2 Å². The summed E-state index contributed by atoms with van der Waals surface area (Å²) in [6.07, 6.45) is 1.51. The first-order valence-corrected chi connectivity index (χ1v) is 7.20. The number of hydrogen-bond donors (Lipinski definition) is 1. The van der Waals surface area contributed by atoms with Gasteiger partial charge in [0.2, 0.25) is 0 Å². The van der Waals surface area contributed by atoms with E-state index in [0.29, 0.717) is 22.7 Å². The fraction of sp³-hybridized carbons (Fsp3) is 0.111. The lowest BCUT2D eigenvalue weighted by molar-refractivity contribution is 0.103. The van der Waals surface area contributed by atoms with Crippen LogP contribution in [0.3, 0.4) is 0 Å². The molecular weight excluding hydrogens is 290 g/mol. The van der Waals surface area contributed by atoms with Gasteiger partial charge in [0.05, 0.1) is 24.6 Å². The van der Waals surface area contributed by atoms with Crippen LogP contribution in [0.1, 0.15) is 21.5 Å². The van der Waals surface area contributed by atoms with Gasteiger partial charge in [-0.05, 0) is 42.8 Å². The van der Waals surface area contributed by atoms with Crippen molar-refractivity contribution >= 4 is 11.6 Å². The predicted molar refractivity (Wildman–Crippen MR) is 89.1 cm³/mol. The molecule has 0 unspecified atom stereocenters. The van der Waals surface area contributed by atoms with E-state index in [0.717, 1.165) is 11.3 Å². The SMILES string of the molecule is COc1ccc(C(=O)c2cnn(-c3ccccc3C)c2N)cc1. The summed E-state index contributed by atoms with van der Waals surface area (Å²) in [6, 6.07) is 14.7. The third-order valence-corrected chi connectivity index (χ3v) is 3.75. The van der Waals surface area contributed by atoms with E-state index in [-0.39, 0.29) is 5.78 Å². The lowest BCUT2D eigenvalue weighted by Crippen LogP contribution is -2.08. The van der Waals surface area contributed by atoms with Crippen molar-refractivity contribution in [3.05, 3.63) is 71.4 Å². The maximum atomic E-state index is 12.6. The molecule has 0 aliphatic heterocycles. The van der Waals surface area contributed by atoms with Gasteiger partial charge >= 0.3 is 0 Å². The molecule has 2 aromatic carbocycles. The van der Waals surface area contributed by atoms with Gasteiger partial charge in [-0.15, -0.1) is 0 Å². The van der Waals surface area contributed by atoms with Crippen molar-refractivity contribution in [2.24, 2.45) is 0 Å². The Hall–Kier alpha value is -3.08. The summed E-state index contributed by atoms with van der Waals surface area (Å²) in [5.41, 5.74) is 8.98. The number of nitrogen functional groups attached to an aromatic ring is 1. The van der Waals surface area contributed by atoms with Crippen LogP contribution in [-0.4, -0.2) is 22.7 Å². The molecule has 0 radical (unpaired) electrons. The first kappa shape index (κ1) is 14.8. The number of nitrogens with zero attached hydrogens (tertiary/aromatic N) is 2. The number of para-hydroxylation sites is 1. The van der Waals surface area contributed by atoms with Crippen LogP contribution in [0, 0.1) is 6.92 Å². The van der Waals surface area contributed by atoms with E-state index in [2.05, 4.69) is 5.10 Å². The van der Waals surface area contributed by atoms with Crippen LogP contribution in [0.15, 0.2) is 54.7 Å². The highest BCUT2D eigenvalue weighted by Gasteiger charge is 2.18. The van der Waals surface area contributed by atoms with Crippen LogP contribution in [0.4, 0.5) is 5.82 Å². The Morgan fingerprint density at radius 2 is 1.83 bits per heavy atom. The molecule has 116 valence electrons. The quantitative estimate of drug-likeness (QED) is 0.752. The zero-order valence-electron chi connectivity index (χ0n) is 13.0. The van der Waals surface area contributed by atoms with E-state index in [9.17, 15) is 4.79 Å². The molecule has 0 spiro atoms. The van der Waals surface area contributed by atoms with Gasteiger partial charge < -0.3 is 10.5 Å². The summed E-state index contributed by atoms with van der Waals surface area (Å²) in [7, 11) is 1.58. The minimum absolute atomic E-state index is 0.162. The normalized spacial score (nSPS) is 10.5. The average Bonchev–Trinajstić information content (AvgIpc) is 2.96. The summed E-state index contributed by atoms with van der Waals surface area (Å²) in [5, 5.41) is 4.27. The molecule has 1 heterocycles. The number of methoxy groups -OCH3 is 1. The molecule has 3 rings (SSSR count). The molecule has 5 heteroatoms. The van der Waals surface area contributed by atoms with Crippen molar-refractivity contribution in [3.63, 3.8) is 0 Å². The fourth-order valence-corrected chi connectivity index (χ4v) is 2.42. The molecule has 0 saturated carbocycles. The highest BCUT2D eigenvalue weighted by atomic mass is 16.5. The lowest BCUT2D eigenvalue weighted by atomic mass is 10.1. The van der Waals surface area contributed by atoms with E-state index in [1.165, 1.54) is 6.20 Å². The molecule has 23 heavy (non-hydrogen) atoms. The second-order valence-corrected chi connectivity index (χ2v) is 5.20. The maximum absolute atomic E-state index is 12.6. The summed E-state index contributed by atoms with van der Waals surface area (Å²) >= 11 is 0. The van der Waals surface area contributed by atoms with Crippen LogP contribution in [0.25, 0.3) is 5.69 Å². The van der Waals surface area contributed by atoms with Crippen molar-refractivity contribution in [1.82, 2.24) is 9.78 Å². The predicted octanol–water partition coefficient (Wildman–Crippen LogP) is 3.00. The zero-order chi connectivity index (χ0) is 16.4. The van der Waals surface area contributed by atoms with E-state index < -0.39 is 0 Å². The van der Waals surface area contributed by atoms with Crippen LogP contribution < -0.4 is 10.5 Å². The standard InChI is InChI=1S/C18H17N3O2/c1-12-5-3-4-6-16(12)21-18(19)15(11-20-21)17(22)13-7-9-14(23-2)10-8-13/h3-11H,19H2,1-2H3. The second kappa shape index (κ2) is 5.96. The van der Waals surface area contributed by atoms with E-state index in [1.54, 1.807) is 36.1 Å². The first-order valence-electron chi connectivity index (χ1n) is 7.20. The summed E-state index contributed by atoms with van der Waals surface area (Å²) in [6.45, 7) is 1.97. The maximum Gasteiger partial charge on any atom is 0.198 e. The highest BCUT2D eigenvalue weighted by Crippen LogP contribution is 2.23. The van der Waals surface area contributed by atoms with Crippen molar-refractivity contribution < 1.29 is 9.53 Å². The van der Waals surface area contributed by atoms with Crippen molar-refractivity contribution in [3.8, 4) is 11.4 Å². The molecule has 0 amide bonds. The number of nitrogens with two attached hydrogens (primary N) is 1. The third-order valence-electron chi connectivity index (χ3n) is 3.75. The van der Waals surface area contributed by atoms with Gasteiger partial charge in [-0.25, -0.2) is 4.68 Å². The van der Waals surface area contributed by atoms with Gasteiger partial charge in [0.1, 0.15) is 11.6 Å². The summed E-state index contributed by atoms with van der Waals surface area (Å²) < 4.78 is 6.69. The molecule has 0 fully saturated rings. The number of aryl methyl sites for hydroxylation is 1. The average molecular weight is 307 g/mol. The molecule has 1 aromatic heterocycles. The van der Waals surface area contributed by atoms with Gasteiger partial charge in [0.15, 0.2) is 5.78 Å². The van der Waals surface area contributed by atoms with Crippen LogP contribution in [0.5, 0.6) is 5.75 Å². The van der Waals surface area contributed by atoms with E-state index >= 15 is 0 Å². The molecule has 5 nitrogen and oxygen atoms in total. The van der Waals surface area contributed by atoms with Gasteiger partial charge in [0, 0.05) is 5.56 Å². The fourth-order valence-electron chi connectivity index (χ4n) is 2.42. The van der Waals surface area contributed by atoms with Crippen molar-refractivity contribution in [1.29, 1.82) is 0 Å². The molecule has 0 aliphatic carbocycles. The van der Waals surface area contributed by atoms with Crippen LogP contribution >= 0.6 is 0 Å². The number of anilines is 1. The Bertz CT molecular complexity index is 851. The topological polar surface area (TPSA) is 70.1 Å². The monoisotopic (exact) mass is 307 g/mol. The van der Waals surface area contributed by atoms with Crippen molar-refractivity contribution in [2.45, 2.75) is 6.92 Å². The Morgan fingerprint density at radius 1 is 1.13 bits per heavy atom. The van der Waals surface area contributed by atoms with Gasteiger partial charge in [-0.3, -0.25) is 4.79 Å². The molecular formula is C18H17N3O2. The molecule has 2 N–H and O–H groups in total. The zero-order valence-corrected chi connectivity index (χ0v) is 13.0. The second-order valence-electron chi connectivity index (χ2n) is 5.20. The summed E-state index contributed by atoms with van der Waals surface area (Å²) in [5.74, 6) is 0.871. The minimum atomic E-state index is -0.162. The highest BCUT2D eigenvalue weighted by molar-refractivity contribution is 6.11. The molecule has 0 atom stereocenters. The Balaban J connectivity index is 1.98. The van der Waals surface area contributed by atoms with Crippen molar-refractivity contribution in [2.75, 3.05) is 12.8 Å². The molecule has 0 bridgehead atoms. The lowest BCUT2D eigenvalue weighted by Gasteiger charge is -2.08. The number of carbonyl (C=O) groups is 1. The molecule has 0 saturated heterocycles.